The predicted molar refractivity (Wildman–Crippen MR) is 91.6 cm³/mol. The summed E-state index contributed by atoms with van der Waals surface area (Å²) in [5.74, 6) is 0.216. The summed E-state index contributed by atoms with van der Waals surface area (Å²) in [7, 11) is 0. The van der Waals surface area contributed by atoms with Gasteiger partial charge in [0.1, 0.15) is 0 Å². The van der Waals surface area contributed by atoms with E-state index >= 15 is 0 Å². The number of aromatic nitrogens is 2. The van der Waals surface area contributed by atoms with Crippen LogP contribution in [0.5, 0.6) is 0 Å². The molecule has 0 aliphatic rings. The van der Waals surface area contributed by atoms with Gasteiger partial charge in [0.15, 0.2) is 5.16 Å². The molecule has 1 heterocycles. The highest BCUT2D eigenvalue weighted by Crippen LogP contribution is 2.21. The van der Waals surface area contributed by atoms with E-state index in [1.54, 1.807) is 12.1 Å². The van der Waals surface area contributed by atoms with Crippen molar-refractivity contribution in [3.05, 3.63) is 53.1 Å². The summed E-state index contributed by atoms with van der Waals surface area (Å²) in [5, 5.41) is 4.28. The zero-order chi connectivity index (χ0) is 15.5. The van der Waals surface area contributed by atoms with Crippen molar-refractivity contribution >= 4 is 46.0 Å². The third kappa shape index (κ3) is 3.43. The molecule has 0 saturated carbocycles. The molecule has 0 bridgehead atoms. The number of carbonyl (C=O) groups is 1. The quantitative estimate of drug-likeness (QED) is 0.702. The molecule has 2 aromatic carbocycles. The molecule has 0 unspecified atom stereocenters. The van der Waals surface area contributed by atoms with E-state index < -0.39 is 0 Å². The Labute approximate surface area is 137 Å². The number of nitrogens with one attached hydrogen (secondary N) is 2. The van der Waals surface area contributed by atoms with Crippen LogP contribution in [-0.2, 0) is 4.79 Å². The van der Waals surface area contributed by atoms with Crippen molar-refractivity contribution in [3.8, 4) is 0 Å². The average Bonchev–Trinajstić information content (AvgIpc) is 2.92. The molecule has 112 valence electrons. The number of aryl methyl sites for hydroxylation is 1. The molecular formula is C16H14ClN3OS. The van der Waals surface area contributed by atoms with Crippen molar-refractivity contribution in [1.82, 2.24) is 9.97 Å². The number of halogens is 1. The molecule has 1 aromatic heterocycles. The molecule has 0 atom stereocenters. The van der Waals surface area contributed by atoms with Gasteiger partial charge in [-0.2, -0.15) is 0 Å². The maximum atomic E-state index is 12.0. The zero-order valence-electron chi connectivity index (χ0n) is 11.9. The summed E-state index contributed by atoms with van der Waals surface area (Å²) in [6, 6.07) is 13.2. The lowest BCUT2D eigenvalue weighted by molar-refractivity contribution is -0.113. The number of H-pyrrole nitrogens is 1. The average molecular weight is 332 g/mol. The number of hydrogen-bond donors (Lipinski definition) is 2. The Morgan fingerprint density at radius 3 is 2.91 bits per heavy atom. The highest BCUT2D eigenvalue weighted by molar-refractivity contribution is 7.99. The molecule has 0 spiro atoms. The van der Waals surface area contributed by atoms with E-state index in [0.717, 1.165) is 27.4 Å². The Kier molecular flexibility index (Phi) is 4.36. The molecule has 3 rings (SSSR count). The number of thioether (sulfide) groups is 1. The molecule has 0 radical (unpaired) electrons. The van der Waals surface area contributed by atoms with E-state index in [4.69, 9.17) is 11.6 Å². The molecule has 1 amide bonds. The third-order valence-corrected chi connectivity index (χ3v) is 4.45. The van der Waals surface area contributed by atoms with Gasteiger partial charge in [-0.25, -0.2) is 4.98 Å². The molecule has 22 heavy (non-hydrogen) atoms. The van der Waals surface area contributed by atoms with Crippen LogP contribution in [0, 0.1) is 6.92 Å². The Hall–Kier alpha value is -1.98. The van der Waals surface area contributed by atoms with Crippen molar-refractivity contribution in [2.75, 3.05) is 11.1 Å². The number of hydrogen-bond acceptors (Lipinski definition) is 3. The van der Waals surface area contributed by atoms with E-state index in [1.165, 1.54) is 11.8 Å². The molecular weight excluding hydrogens is 318 g/mol. The Morgan fingerprint density at radius 1 is 1.32 bits per heavy atom. The van der Waals surface area contributed by atoms with Gasteiger partial charge in [0.05, 0.1) is 16.8 Å². The van der Waals surface area contributed by atoms with Gasteiger partial charge in [-0.1, -0.05) is 35.5 Å². The van der Waals surface area contributed by atoms with Crippen LogP contribution in [0.25, 0.3) is 11.0 Å². The Balaban J connectivity index is 1.60. The van der Waals surface area contributed by atoms with Gasteiger partial charge in [-0.05, 0) is 42.8 Å². The number of aromatic amines is 1. The smallest absolute Gasteiger partial charge is 0.234 e. The van der Waals surface area contributed by atoms with Crippen molar-refractivity contribution in [2.45, 2.75) is 12.1 Å². The summed E-state index contributed by atoms with van der Waals surface area (Å²) in [6.07, 6.45) is 0. The van der Waals surface area contributed by atoms with E-state index in [9.17, 15) is 4.79 Å². The maximum Gasteiger partial charge on any atom is 0.234 e. The minimum Gasteiger partial charge on any atom is -0.333 e. The number of para-hydroxylation sites is 2. The standard InChI is InChI=1S/C16H14ClN3OS/c1-10-8-11(6-7-12(10)17)18-15(21)9-22-16-19-13-4-2-3-5-14(13)20-16/h2-8H,9H2,1H3,(H,18,21)(H,19,20). The van der Waals surface area contributed by atoms with Crippen LogP contribution in [0.15, 0.2) is 47.6 Å². The van der Waals surface area contributed by atoms with Crippen LogP contribution in [-0.4, -0.2) is 21.6 Å². The number of imidazole rings is 1. The molecule has 0 aliphatic carbocycles. The van der Waals surface area contributed by atoms with Crippen LogP contribution in [0.4, 0.5) is 5.69 Å². The molecule has 6 heteroatoms. The summed E-state index contributed by atoms with van der Waals surface area (Å²) >= 11 is 7.34. The Morgan fingerprint density at radius 2 is 2.14 bits per heavy atom. The maximum absolute atomic E-state index is 12.0. The van der Waals surface area contributed by atoms with Crippen molar-refractivity contribution in [3.63, 3.8) is 0 Å². The van der Waals surface area contributed by atoms with Crippen LogP contribution in [0.2, 0.25) is 5.02 Å². The van der Waals surface area contributed by atoms with Gasteiger partial charge in [-0.3, -0.25) is 4.79 Å². The largest absolute Gasteiger partial charge is 0.333 e. The fourth-order valence-electron chi connectivity index (χ4n) is 2.05. The number of benzene rings is 2. The lowest BCUT2D eigenvalue weighted by Crippen LogP contribution is -2.14. The van der Waals surface area contributed by atoms with Gasteiger partial charge in [0.2, 0.25) is 5.91 Å². The first-order valence-electron chi connectivity index (χ1n) is 6.75. The lowest BCUT2D eigenvalue weighted by atomic mass is 10.2. The van der Waals surface area contributed by atoms with Gasteiger partial charge in [0.25, 0.3) is 0 Å². The van der Waals surface area contributed by atoms with Gasteiger partial charge in [0, 0.05) is 10.7 Å². The molecule has 3 aromatic rings. The predicted octanol–water partition coefficient (Wildman–Crippen LogP) is 4.26. The number of carbonyl (C=O) groups excluding carboxylic acids is 1. The van der Waals surface area contributed by atoms with Crippen molar-refractivity contribution < 1.29 is 4.79 Å². The van der Waals surface area contributed by atoms with E-state index in [2.05, 4.69) is 15.3 Å². The fraction of sp³-hybridized carbons (Fsp3) is 0.125. The first kappa shape index (κ1) is 14.9. The second-order valence-electron chi connectivity index (χ2n) is 4.86. The second kappa shape index (κ2) is 6.42. The molecule has 4 nitrogen and oxygen atoms in total. The number of rotatable bonds is 4. The van der Waals surface area contributed by atoms with Crippen LogP contribution < -0.4 is 5.32 Å². The second-order valence-corrected chi connectivity index (χ2v) is 6.23. The number of anilines is 1. The first-order chi connectivity index (χ1) is 10.6. The lowest BCUT2D eigenvalue weighted by Gasteiger charge is -2.06. The monoisotopic (exact) mass is 331 g/mol. The summed E-state index contributed by atoms with van der Waals surface area (Å²) in [4.78, 5) is 19.6. The number of amides is 1. The third-order valence-electron chi connectivity index (χ3n) is 3.15. The SMILES string of the molecule is Cc1cc(NC(=O)CSc2nc3ccccc3[nH]2)ccc1Cl. The van der Waals surface area contributed by atoms with Crippen LogP contribution >= 0.6 is 23.4 Å². The number of fused-ring (bicyclic) bond motifs is 1. The fourth-order valence-corrected chi connectivity index (χ4v) is 2.85. The minimum atomic E-state index is -0.0767. The highest BCUT2D eigenvalue weighted by Gasteiger charge is 2.08. The van der Waals surface area contributed by atoms with Crippen molar-refractivity contribution in [2.24, 2.45) is 0 Å². The normalized spacial score (nSPS) is 10.8. The summed E-state index contributed by atoms with van der Waals surface area (Å²) in [6.45, 7) is 1.90. The molecule has 0 saturated heterocycles. The van der Waals surface area contributed by atoms with Crippen LogP contribution in [0.3, 0.4) is 0 Å². The first-order valence-corrected chi connectivity index (χ1v) is 8.12. The summed E-state index contributed by atoms with van der Waals surface area (Å²) in [5.41, 5.74) is 3.55. The van der Waals surface area contributed by atoms with Gasteiger partial charge >= 0.3 is 0 Å². The summed E-state index contributed by atoms with van der Waals surface area (Å²) < 4.78 is 0. The Bertz CT molecular complexity index is 798. The zero-order valence-corrected chi connectivity index (χ0v) is 13.5. The van der Waals surface area contributed by atoms with Crippen molar-refractivity contribution in [1.29, 1.82) is 0 Å². The topological polar surface area (TPSA) is 57.8 Å². The van der Waals surface area contributed by atoms with Gasteiger partial charge in [-0.15, -0.1) is 0 Å². The molecule has 2 N–H and O–H groups in total. The van der Waals surface area contributed by atoms with Crippen LogP contribution in [0.1, 0.15) is 5.56 Å². The molecule has 0 aliphatic heterocycles. The minimum absolute atomic E-state index is 0.0767. The van der Waals surface area contributed by atoms with E-state index in [0.29, 0.717) is 10.8 Å². The molecule has 0 fully saturated rings. The van der Waals surface area contributed by atoms with E-state index in [-0.39, 0.29) is 5.91 Å². The number of nitrogens with zero attached hydrogens (tertiary/aromatic N) is 1. The van der Waals surface area contributed by atoms with E-state index in [1.807, 2.05) is 37.3 Å². The van der Waals surface area contributed by atoms with Gasteiger partial charge < -0.3 is 10.3 Å². The highest BCUT2D eigenvalue weighted by atomic mass is 35.5.